The Labute approximate surface area is 143 Å². The number of para-hydroxylation sites is 2. The molecule has 0 saturated heterocycles. The highest BCUT2D eigenvalue weighted by Gasteiger charge is 2.16. The number of aromatic nitrogens is 2. The molecule has 0 amide bonds. The molecule has 0 saturated carbocycles. The van der Waals surface area contributed by atoms with Crippen LogP contribution in [0.1, 0.15) is 6.42 Å². The molecule has 1 aliphatic heterocycles. The van der Waals surface area contributed by atoms with Crippen LogP contribution in [-0.2, 0) is 6.54 Å². The summed E-state index contributed by atoms with van der Waals surface area (Å²) < 4.78 is 12.4. The summed E-state index contributed by atoms with van der Waals surface area (Å²) >= 11 is 6.23. The summed E-state index contributed by atoms with van der Waals surface area (Å²) in [5, 5.41) is 3.87. The van der Waals surface area contributed by atoms with Crippen molar-refractivity contribution in [2.75, 3.05) is 18.7 Å². The van der Waals surface area contributed by atoms with Gasteiger partial charge in [-0.1, -0.05) is 23.7 Å². The summed E-state index contributed by atoms with van der Waals surface area (Å²) in [5.41, 5.74) is 2.49. The van der Waals surface area contributed by atoms with Gasteiger partial charge in [0, 0.05) is 25.2 Å². The fourth-order valence-corrected chi connectivity index (χ4v) is 3.06. The molecule has 0 fully saturated rings. The summed E-state index contributed by atoms with van der Waals surface area (Å²) in [6.07, 6.45) is 0.784. The maximum Gasteiger partial charge on any atom is 0.326 e. The lowest BCUT2D eigenvalue weighted by atomic mass is 10.2. The SMILES string of the molecule is O=c1[nH]c2ccccc2n1CCCNc1cc2c(cc1Cl)OCO2. The number of aryl methyl sites for hydroxylation is 1. The van der Waals surface area contributed by atoms with Crippen molar-refractivity contribution in [1.82, 2.24) is 9.55 Å². The number of imidazole rings is 1. The second kappa shape index (κ2) is 6.13. The van der Waals surface area contributed by atoms with Gasteiger partial charge >= 0.3 is 5.69 Å². The molecular weight excluding hydrogens is 330 g/mol. The first-order chi connectivity index (χ1) is 11.7. The van der Waals surface area contributed by atoms with E-state index in [1.54, 1.807) is 10.6 Å². The van der Waals surface area contributed by atoms with Crippen LogP contribution in [0.4, 0.5) is 5.69 Å². The van der Waals surface area contributed by atoms with Gasteiger partial charge in [0.25, 0.3) is 0 Å². The van der Waals surface area contributed by atoms with E-state index in [2.05, 4.69) is 10.3 Å². The van der Waals surface area contributed by atoms with Gasteiger partial charge in [-0.25, -0.2) is 4.79 Å². The van der Waals surface area contributed by atoms with Crippen LogP contribution in [0.2, 0.25) is 5.02 Å². The molecule has 24 heavy (non-hydrogen) atoms. The molecule has 0 bridgehead atoms. The van der Waals surface area contributed by atoms with Crippen LogP contribution in [0, 0.1) is 0 Å². The van der Waals surface area contributed by atoms with E-state index >= 15 is 0 Å². The minimum atomic E-state index is -0.0858. The lowest BCUT2D eigenvalue weighted by Gasteiger charge is -2.10. The van der Waals surface area contributed by atoms with Crippen molar-refractivity contribution in [1.29, 1.82) is 0 Å². The molecule has 124 valence electrons. The highest BCUT2D eigenvalue weighted by atomic mass is 35.5. The normalized spacial score (nSPS) is 12.7. The number of halogens is 1. The van der Waals surface area contributed by atoms with Crippen molar-refractivity contribution < 1.29 is 9.47 Å². The Morgan fingerprint density at radius 1 is 1.21 bits per heavy atom. The number of H-pyrrole nitrogens is 1. The average Bonchev–Trinajstić information content (AvgIpc) is 3.15. The van der Waals surface area contributed by atoms with Gasteiger partial charge in [-0.3, -0.25) is 4.57 Å². The van der Waals surface area contributed by atoms with Crippen LogP contribution in [0.5, 0.6) is 11.5 Å². The largest absolute Gasteiger partial charge is 0.454 e. The molecule has 1 aliphatic rings. The van der Waals surface area contributed by atoms with E-state index in [0.717, 1.165) is 23.1 Å². The van der Waals surface area contributed by atoms with E-state index in [4.69, 9.17) is 21.1 Å². The Morgan fingerprint density at radius 3 is 2.88 bits per heavy atom. The molecule has 6 nitrogen and oxygen atoms in total. The van der Waals surface area contributed by atoms with Crippen molar-refractivity contribution in [3.63, 3.8) is 0 Å². The molecule has 1 aromatic heterocycles. The van der Waals surface area contributed by atoms with Gasteiger partial charge in [0.15, 0.2) is 11.5 Å². The number of nitrogens with one attached hydrogen (secondary N) is 2. The number of fused-ring (bicyclic) bond motifs is 2. The van der Waals surface area contributed by atoms with Gasteiger partial charge < -0.3 is 19.8 Å². The molecule has 2 aromatic carbocycles. The molecule has 2 heterocycles. The van der Waals surface area contributed by atoms with Gasteiger partial charge in [-0.15, -0.1) is 0 Å². The number of rotatable bonds is 5. The van der Waals surface area contributed by atoms with Gasteiger partial charge in [0.2, 0.25) is 6.79 Å². The van der Waals surface area contributed by atoms with Crippen LogP contribution in [0.25, 0.3) is 11.0 Å². The molecule has 0 radical (unpaired) electrons. The number of hydrogen-bond donors (Lipinski definition) is 2. The monoisotopic (exact) mass is 345 g/mol. The first-order valence-electron chi connectivity index (χ1n) is 7.73. The molecule has 3 aromatic rings. The van der Waals surface area contributed by atoms with Crippen LogP contribution in [0.15, 0.2) is 41.2 Å². The summed E-state index contributed by atoms with van der Waals surface area (Å²) in [7, 11) is 0. The summed E-state index contributed by atoms with van der Waals surface area (Å²) in [6, 6.07) is 11.3. The van der Waals surface area contributed by atoms with E-state index in [1.807, 2.05) is 30.3 Å². The van der Waals surface area contributed by atoms with Crippen LogP contribution in [-0.4, -0.2) is 22.9 Å². The molecule has 4 rings (SSSR count). The molecule has 2 N–H and O–H groups in total. The molecule has 0 atom stereocenters. The van der Waals surface area contributed by atoms with Gasteiger partial charge in [0.05, 0.1) is 21.7 Å². The van der Waals surface area contributed by atoms with Gasteiger partial charge in [0.1, 0.15) is 0 Å². The molecule has 0 aliphatic carbocycles. The predicted molar refractivity (Wildman–Crippen MR) is 93.2 cm³/mol. The van der Waals surface area contributed by atoms with E-state index in [0.29, 0.717) is 29.6 Å². The van der Waals surface area contributed by atoms with E-state index in [-0.39, 0.29) is 12.5 Å². The fraction of sp³-hybridized carbons (Fsp3) is 0.235. The number of nitrogens with zero attached hydrogens (tertiary/aromatic N) is 1. The van der Waals surface area contributed by atoms with Crippen LogP contribution in [0.3, 0.4) is 0 Å². The smallest absolute Gasteiger partial charge is 0.326 e. The summed E-state index contributed by atoms with van der Waals surface area (Å²) in [6.45, 7) is 1.53. The molecule has 0 spiro atoms. The maximum absolute atomic E-state index is 12.0. The van der Waals surface area contributed by atoms with E-state index < -0.39 is 0 Å². The topological polar surface area (TPSA) is 68.3 Å². The predicted octanol–water partition coefficient (Wildman–Crippen LogP) is 3.21. The average molecular weight is 346 g/mol. The standard InChI is InChI=1S/C17H16ClN3O3/c18-11-8-15-16(24-10-23-15)9-13(11)19-6-3-7-21-14-5-2-1-4-12(14)20-17(21)22/h1-2,4-5,8-9,19H,3,6-7,10H2,(H,20,22). The Bertz CT molecular complexity index is 948. The number of hydrogen-bond acceptors (Lipinski definition) is 4. The van der Waals surface area contributed by atoms with Crippen molar-refractivity contribution in [3.05, 3.63) is 51.9 Å². The van der Waals surface area contributed by atoms with E-state index in [9.17, 15) is 4.79 Å². The highest BCUT2D eigenvalue weighted by Crippen LogP contribution is 2.39. The quantitative estimate of drug-likeness (QED) is 0.697. The third-order valence-corrected chi connectivity index (χ3v) is 4.33. The first kappa shape index (κ1) is 15.0. The zero-order valence-corrected chi connectivity index (χ0v) is 13.6. The Balaban J connectivity index is 1.41. The zero-order valence-electron chi connectivity index (χ0n) is 12.8. The minimum absolute atomic E-state index is 0.0858. The van der Waals surface area contributed by atoms with Crippen LogP contribution >= 0.6 is 11.6 Å². The fourth-order valence-electron chi connectivity index (χ4n) is 2.84. The number of benzene rings is 2. The Morgan fingerprint density at radius 2 is 2.00 bits per heavy atom. The summed E-state index contributed by atoms with van der Waals surface area (Å²) in [4.78, 5) is 14.9. The maximum atomic E-state index is 12.0. The lowest BCUT2D eigenvalue weighted by molar-refractivity contribution is 0.174. The summed E-state index contributed by atoms with van der Waals surface area (Å²) in [5.74, 6) is 1.35. The number of anilines is 1. The minimum Gasteiger partial charge on any atom is -0.454 e. The van der Waals surface area contributed by atoms with Crippen LogP contribution < -0.4 is 20.5 Å². The number of ether oxygens (including phenoxy) is 2. The second-order valence-corrected chi connectivity index (χ2v) is 5.97. The number of aromatic amines is 1. The van der Waals surface area contributed by atoms with Crippen molar-refractivity contribution >= 4 is 28.3 Å². The van der Waals surface area contributed by atoms with Crippen molar-refractivity contribution in [3.8, 4) is 11.5 Å². The van der Waals surface area contributed by atoms with E-state index in [1.165, 1.54) is 0 Å². The zero-order chi connectivity index (χ0) is 16.5. The van der Waals surface area contributed by atoms with Gasteiger partial charge in [-0.2, -0.15) is 0 Å². The Hall–Kier alpha value is -2.60. The van der Waals surface area contributed by atoms with Crippen molar-refractivity contribution in [2.45, 2.75) is 13.0 Å². The molecule has 0 unspecified atom stereocenters. The molecule has 7 heteroatoms. The third kappa shape index (κ3) is 2.69. The second-order valence-electron chi connectivity index (χ2n) is 5.56. The molecular formula is C17H16ClN3O3. The lowest BCUT2D eigenvalue weighted by Crippen LogP contribution is -2.18. The van der Waals surface area contributed by atoms with Gasteiger partial charge in [-0.05, 0) is 18.6 Å². The van der Waals surface area contributed by atoms with Crippen molar-refractivity contribution in [2.24, 2.45) is 0 Å². The first-order valence-corrected chi connectivity index (χ1v) is 8.11. The highest BCUT2D eigenvalue weighted by molar-refractivity contribution is 6.33. The Kier molecular flexibility index (Phi) is 3.82. The third-order valence-electron chi connectivity index (χ3n) is 4.02.